The fraction of sp³-hybridized carbons (Fsp3) is 0. The van der Waals surface area contributed by atoms with E-state index in [1.165, 1.54) is 0 Å². The van der Waals surface area contributed by atoms with E-state index < -0.39 is 5.97 Å². The van der Waals surface area contributed by atoms with E-state index in [1.807, 2.05) is 6.07 Å². The molecule has 6 heteroatoms. The Morgan fingerprint density at radius 3 is 2.71 bits per heavy atom. The summed E-state index contributed by atoms with van der Waals surface area (Å²) < 4.78 is 0. The quantitative estimate of drug-likeness (QED) is 0.785. The van der Waals surface area contributed by atoms with Gasteiger partial charge in [0.25, 0.3) is 0 Å². The second-order valence-electron chi connectivity index (χ2n) is 4.23. The fourth-order valence-electron chi connectivity index (χ4n) is 1.90. The summed E-state index contributed by atoms with van der Waals surface area (Å²) in [6.45, 7) is 0. The minimum atomic E-state index is -1.01. The lowest BCUT2D eigenvalue weighted by atomic mass is 10.1. The number of halogens is 1. The summed E-state index contributed by atoms with van der Waals surface area (Å²) >= 11 is 7.07. The van der Waals surface area contributed by atoms with Crippen molar-refractivity contribution in [3.05, 3.63) is 58.6 Å². The molecule has 0 aliphatic carbocycles. The first-order valence-corrected chi connectivity index (χ1v) is 7.26. The van der Waals surface area contributed by atoms with Gasteiger partial charge in [0, 0.05) is 16.8 Å². The topological polar surface area (TPSA) is 63.1 Å². The van der Waals surface area contributed by atoms with Crippen molar-refractivity contribution in [2.24, 2.45) is 0 Å². The molecule has 0 atom stereocenters. The first kappa shape index (κ1) is 13.7. The maximum absolute atomic E-state index is 11.4. The van der Waals surface area contributed by atoms with Crippen LogP contribution in [0.25, 0.3) is 22.0 Å². The van der Waals surface area contributed by atoms with Crippen LogP contribution in [0.3, 0.4) is 0 Å². The summed E-state index contributed by atoms with van der Waals surface area (Å²) in [7, 11) is 0. The van der Waals surface area contributed by atoms with Crippen LogP contribution in [-0.2, 0) is 0 Å². The summed E-state index contributed by atoms with van der Waals surface area (Å²) in [4.78, 5) is 20.3. The summed E-state index contributed by atoms with van der Waals surface area (Å²) in [5, 5.41) is 10.5. The Kier molecular flexibility index (Phi) is 3.68. The van der Waals surface area contributed by atoms with Crippen LogP contribution in [-0.4, -0.2) is 21.0 Å². The van der Waals surface area contributed by atoms with Crippen LogP contribution in [0.4, 0.5) is 0 Å². The van der Waals surface area contributed by atoms with Gasteiger partial charge in [-0.2, -0.15) is 0 Å². The van der Waals surface area contributed by atoms with E-state index in [9.17, 15) is 9.90 Å². The normalized spacial score (nSPS) is 10.5. The number of aromatic nitrogens is 2. The molecular formula is C15H9ClN2O2S. The van der Waals surface area contributed by atoms with Gasteiger partial charge >= 0.3 is 5.97 Å². The van der Waals surface area contributed by atoms with Crippen LogP contribution in [0.1, 0.15) is 9.67 Å². The van der Waals surface area contributed by atoms with Crippen LogP contribution in [0.2, 0.25) is 5.02 Å². The third kappa shape index (κ3) is 2.79. The van der Waals surface area contributed by atoms with E-state index >= 15 is 0 Å². The van der Waals surface area contributed by atoms with Crippen LogP contribution >= 0.6 is 22.9 Å². The smallest absolute Gasteiger partial charge is 0.348 e. The largest absolute Gasteiger partial charge is 0.477 e. The number of benzene rings is 1. The Labute approximate surface area is 129 Å². The molecule has 0 saturated carbocycles. The van der Waals surface area contributed by atoms with E-state index in [0.29, 0.717) is 27.0 Å². The number of aromatic carboxylic acids is 1. The molecule has 0 aliphatic heterocycles. The number of hydrogen-bond donors (Lipinski definition) is 1. The Morgan fingerprint density at radius 1 is 1.19 bits per heavy atom. The molecule has 0 spiro atoms. The fourth-order valence-corrected chi connectivity index (χ4v) is 2.99. The minimum absolute atomic E-state index is 0.179. The average Bonchev–Trinajstić information content (AvgIpc) is 2.93. The summed E-state index contributed by atoms with van der Waals surface area (Å²) in [5.41, 5.74) is 1.74. The van der Waals surface area contributed by atoms with Crippen molar-refractivity contribution in [3.63, 3.8) is 0 Å². The van der Waals surface area contributed by atoms with Gasteiger partial charge < -0.3 is 5.11 Å². The highest BCUT2D eigenvalue weighted by molar-refractivity contribution is 7.17. The van der Waals surface area contributed by atoms with Crippen molar-refractivity contribution < 1.29 is 9.90 Å². The number of carbonyl (C=O) groups is 1. The number of nitrogens with zero attached hydrogens (tertiary/aromatic N) is 2. The van der Waals surface area contributed by atoms with E-state index in [4.69, 9.17) is 11.6 Å². The molecule has 0 radical (unpaired) electrons. The van der Waals surface area contributed by atoms with Gasteiger partial charge in [-0.1, -0.05) is 29.8 Å². The molecule has 0 amide bonds. The van der Waals surface area contributed by atoms with Gasteiger partial charge in [0.15, 0.2) is 0 Å². The predicted octanol–water partition coefficient (Wildman–Crippen LogP) is 4.22. The zero-order valence-electron chi connectivity index (χ0n) is 10.7. The maximum atomic E-state index is 11.4. The van der Waals surface area contributed by atoms with Gasteiger partial charge in [0.1, 0.15) is 9.88 Å². The van der Waals surface area contributed by atoms with Crippen molar-refractivity contribution in [1.29, 1.82) is 0 Å². The van der Waals surface area contributed by atoms with Crippen molar-refractivity contribution >= 4 is 28.9 Å². The van der Waals surface area contributed by atoms with Crippen LogP contribution in [0.5, 0.6) is 0 Å². The molecule has 0 unspecified atom stereocenters. The third-order valence-corrected chi connectivity index (χ3v) is 4.10. The first-order valence-electron chi connectivity index (χ1n) is 6.06. The van der Waals surface area contributed by atoms with E-state index in [1.54, 1.807) is 42.6 Å². The molecule has 21 heavy (non-hydrogen) atoms. The molecule has 0 saturated heterocycles. The van der Waals surface area contributed by atoms with Crippen LogP contribution in [0.15, 0.2) is 48.7 Å². The number of rotatable bonds is 3. The average molecular weight is 317 g/mol. The Morgan fingerprint density at radius 2 is 2.05 bits per heavy atom. The summed E-state index contributed by atoms with van der Waals surface area (Å²) in [6.07, 6.45) is 1.65. The first-order chi connectivity index (χ1) is 10.1. The standard InChI is InChI=1S/C15H9ClN2O2S/c16-10-5-3-4-9(8-10)12-13(15(19)20)21-14(18-12)11-6-1-2-7-17-11/h1-8H,(H,19,20). The number of pyridine rings is 1. The van der Waals surface area contributed by atoms with Crippen molar-refractivity contribution in [2.75, 3.05) is 0 Å². The van der Waals surface area contributed by atoms with Gasteiger partial charge in [-0.15, -0.1) is 11.3 Å². The molecule has 0 aliphatic rings. The molecule has 3 rings (SSSR count). The molecule has 0 bridgehead atoms. The lowest BCUT2D eigenvalue weighted by Gasteiger charge is -1.99. The number of carboxylic acids is 1. The van der Waals surface area contributed by atoms with Crippen molar-refractivity contribution in [2.45, 2.75) is 0 Å². The summed E-state index contributed by atoms with van der Waals surface area (Å²) in [5.74, 6) is -1.01. The summed E-state index contributed by atoms with van der Waals surface area (Å²) in [6, 6.07) is 12.4. The van der Waals surface area contributed by atoms with Gasteiger partial charge in [-0.25, -0.2) is 9.78 Å². The van der Waals surface area contributed by atoms with Crippen molar-refractivity contribution in [3.8, 4) is 22.0 Å². The van der Waals surface area contributed by atoms with E-state index in [-0.39, 0.29) is 4.88 Å². The minimum Gasteiger partial charge on any atom is -0.477 e. The monoisotopic (exact) mass is 316 g/mol. The molecule has 104 valence electrons. The zero-order valence-corrected chi connectivity index (χ0v) is 12.2. The maximum Gasteiger partial charge on any atom is 0.348 e. The van der Waals surface area contributed by atoms with Gasteiger partial charge in [-0.05, 0) is 24.3 Å². The zero-order chi connectivity index (χ0) is 14.8. The SMILES string of the molecule is O=C(O)c1sc(-c2ccccn2)nc1-c1cccc(Cl)c1. The predicted molar refractivity (Wildman–Crippen MR) is 82.8 cm³/mol. The van der Waals surface area contributed by atoms with Crippen molar-refractivity contribution in [1.82, 2.24) is 9.97 Å². The molecule has 3 aromatic rings. The Balaban J connectivity index is 2.16. The van der Waals surface area contributed by atoms with Crippen LogP contribution in [0, 0.1) is 0 Å². The third-order valence-electron chi connectivity index (χ3n) is 2.80. The lowest BCUT2D eigenvalue weighted by Crippen LogP contribution is -1.95. The molecule has 2 aromatic heterocycles. The molecule has 4 nitrogen and oxygen atoms in total. The van der Waals surface area contributed by atoms with Gasteiger partial charge in [-0.3, -0.25) is 4.98 Å². The Bertz CT molecular complexity index is 802. The number of hydrogen-bond acceptors (Lipinski definition) is 4. The molecule has 1 aromatic carbocycles. The highest BCUT2D eigenvalue weighted by Crippen LogP contribution is 2.33. The number of thiazole rings is 1. The van der Waals surface area contributed by atoms with E-state index in [0.717, 1.165) is 11.3 Å². The molecule has 1 N–H and O–H groups in total. The molecular weight excluding hydrogens is 308 g/mol. The lowest BCUT2D eigenvalue weighted by molar-refractivity contribution is 0.0702. The molecule has 2 heterocycles. The van der Waals surface area contributed by atoms with Crippen LogP contribution < -0.4 is 0 Å². The molecule has 0 fully saturated rings. The Hall–Kier alpha value is -2.24. The highest BCUT2D eigenvalue weighted by atomic mass is 35.5. The number of carboxylic acid groups (broad SMARTS) is 1. The second-order valence-corrected chi connectivity index (χ2v) is 5.66. The highest BCUT2D eigenvalue weighted by Gasteiger charge is 2.20. The van der Waals surface area contributed by atoms with Gasteiger partial charge in [0.2, 0.25) is 0 Å². The van der Waals surface area contributed by atoms with E-state index in [2.05, 4.69) is 9.97 Å². The van der Waals surface area contributed by atoms with Gasteiger partial charge in [0.05, 0.1) is 11.4 Å². The second kappa shape index (κ2) is 5.63.